The van der Waals surface area contributed by atoms with Crippen LogP contribution < -0.4 is 9.47 Å². The number of esters is 1. The number of aliphatic hydroxyl groups is 1. The minimum Gasteiger partial charge on any atom is -0.455 e. The van der Waals surface area contributed by atoms with Crippen LogP contribution in [0.1, 0.15) is 34.7 Å². The highest BCUT2D eigenvalue weighted by Crippen LogP contribution is 2.50. The Morgan fingerprint density at radius 3 is 2.87 bits per heavy atom. The van der Waals surface area contributed by atoms with Crippen LogP contribution in [0.15, 0.2) is 12.1 Å². The number of nitrogens with zero attached hydrogens (tertiary/aromatic N) is 1. The first kappa shape index (κ1) is 13.6. The Morgan fingerprint density at radius 2 is 2.04 bits per heavy atom. The quantitative estimate of drug-likeness (QED) is 0.723. The third kappa shape index (κ3) is 1.79. The number of aliphatic hydroxyl groups excluding tert-OH is 1. The molecule has 0 amide bonds. The molecule has 0 unspecified atom stereocenters. The molecule has 1 aliphatic carbocycles. The van der Waals surface area contributed by atoms with Crippen molar-refractivity contribution in [2.24, 2.45) is 5.92 Å². The highest BCUT2D eigenvalue weighted by Gasteiger charge is 2.53. The maximum Gasteiger partial charge on any atom is 0.338 e. The summed E-state index contributed by atoms with van der Waals surface area (Å²) in [5, 5.41) is 10.5. The molecule has 1 saturated heterocycles. The van der Waals surface area contributed by atoms with Gasteiger partial charge < -0.3 is 24.2 Å². The Hall–Kier alpha value is -1.79. The molecule has 1 aromatic carbocycles. The molecule has 122 valence electrons. The molecule has 5 atom stereocenters. The SMILES string of the molecule is CN1CC[C@H]2C[C@@H](O)[C@H]3OC(=O)c4cc5c(cc4[C@H]3[C@@H]21)OCO5. The number of rotatable bonds is 0. The van der Waals surface area contributed by atoms with E-state index in [1.807, 2.05) is 6.07 Å². The largest absolute Gasteiger partial charge is 0.455 e. The van der Waals surface area contributed by atoms with E-state index in [0.29, 0.717) is 29.4 Å². The Balaban J connectivity index is 1.68. The Labute approximate surface area is 133 Å². The van der Waals surface area contributed by atoms with Gasteiger partial charge in [-0.1, -0.05) is 0 Å². The topological polar surface area (TPSA) is 68.2 Å². The van der Waals surface area contributed by atoms with Crippen LogP contribution in [0.2, 0.25) is 0 Å². The van der Waals surface area contributed by atoms with Gasteiger partial charge in [0.15, 0.2) is 11.5 Å². The molecule has 0 aromatic heterocycles. The first-order chi connectivity index (χ1) is 11.1. The van der Waals surface area contributed by atoms with Gasteiger partial charge in [-0.15, -0.1) is 0 Å². The number of ether oxygens (including phenoxy) is 3. The van der Waals surface area contributed by atoms with Gasteiger partial charge in [-0.3, -0.25) is 0 Å². The zero-order valence-electron chi connectivity index (χ0n) is 12.9. The van der Waals surface area contributed by atoms with E-state index in [1.165, 1.54) is 0 Å². The molecule has 23 heavy (non-hydrogen) atoms. The number of likely N-dealkylation sites (N-methyl/N-ethyl adjacent to an activating group) is 1. The molecule has 5 rings (SSSR count). The predicted molar refractivity (Wildman–Crippen MR) is 79.7 cm³/mol. The lowest BCUT2D eigenvalue weighted by molar-refractivity contribution is -0.0778. The fourth-order valence-electron chi connectivity index (χ4n) is 4.86. The summed E-state index contributed by atoms with van der Waals surface area (Å²) in [6.07, 6.45) is 0.700. The van der Waals surface area contributed by atoms with Crippen molar-refractivity contribution in [3.63, 3.8) is 0 Å². The molecule has 0 spiro atoms. The fraction of sp³-hybridized carbons (Fsp3) is 0.588. The van der Waals surface area contributed by atoms with Crippen LogP contribution in [-0.4, -0.2) is 54.6 Å². The normalized spacial score (nSPS) is 37.8. The van der Waals surface area contributed by atoms with Crippen LogP contribution in [0.25, 0.3) is 0 Å². The van der Waals surface area contributed by atoms with E-state index >= 15 is 0 Å². The lowest BCUT2D eigenvalue weighted by Gasteiger charge is -2.47. The molecular formula is C17H19NO5. The van der Waals surface area contributed by atoms with E-state index in [4.69, 9.17) is 14.2 Å². The summed E-state index contributed by atoms with van der Waals surface area (Å²) in [7, 11) is 2.11. The third-order valence-electron chi connectivity index (χ3n) is 5.86. The smallest absolute Gasteiger partial charge is 0.338 e. The van der Waals surface area contributed by atoms with Gasteiger partial charge in [0.05, 0.1) is 11.7 Å². The van der Waals surface area contributed by atoms with E-state index in [1.54, 1.807) is 6.07 Å². The van der Waals surface area contributed by atoms with E-state index in [2.05, 4.69) is 11.9 Å². The molecule has 3 aliphatic heterocycles. The van der Waals surface area contributed by atoms with Crippen molar-refractivity contribution in [1.29, 1.82) is 0 Å². The summed E-state index contributed by atoms with van der Waals surface area (Å²) in [5.74, 6) is 1.31. The fourth-order valence-corrected chi connectivity index (χ4v) is 4.86. The average Bonchev–Trinajstić information content (AvgIpc) is 3.13. The van der Waals surface area contributed by atoms with Gasteiger partial charge in [0.25, 0.3) is 0 Å². The molecule has 1 saturated carbocycles. The van der Waals surface area contributed by atoms with Gasteiger partial charge in [0, 0.05) is 12.0 Å². The zero-order valence-corrected chi connectivity index (χ0v) is 12.9. The van der Waals surface area contributed by atoms with E-state index in [-0.39, 0.29) is 24.7 Å². The Morgan fingerprint density at radius 1 is 1.26 bits per heavy atom. The predicted octanol–water partition coefficient (Wildman–Crippen LogP) is 1.12. The molecule has 1 aromatic rings. The lowest BCUT2D eigenvalue weighted by atomic mass is 9.69. The van der Waals surface area contributed by atoms with Crippen molar-refractivity contribution in [2.75, 3.05) is 20.4 Å². The van der Waals surface area contributed by atoms with Crippen molar-refractivity contribution in [3.05, 3.63) is 23.3 Å². The first-order valence-corrected chi connectivity index (χ1v) is 8.16. The second-order valence-electron chi connectivity index (χ2n) is 7.01. The molecule has 0 bridgehead atoms. The van der Waals surface area contributed by atoms with Crippen molar-refractivity contribution >= 4 is 5.97 Å². The standard InChI is InChI=1S/C17H19NO5/c1-18-3-2-8-4-11(19)16-14(15(8)18)9-5-12-13(22-7-21-12)6-10(9)17(20)23-16/h5-6,8,11,14-16,19H,2-4,7H2,1H3/t8-,11+,14-,15+,16+/m0/s1. The number of hydrogen-bond acceptors (Lipinski definition) is 6. The molecule has 6 nitrogen and oxygen atoms in total. The molecule has 3 heterocycles. The summed E-state index contributed by atoms with van der Waals surface area (Å²) in [5.41, 5.74) is 1.47. The van der Waals surface area contributed by atoms with E-state index in [9.17, 15) is 9.90 Å². The van der Waals surface area contributed by atoms with Crippen LogP contribution in [-0.2, 0) is 4.74 Å². The lowest BCUT2D eigenvalue weighted by Crippen LogP contribution is -2.54. The van der Waals surface area contributed by atoms with Gasteiger partial charge in [0.2, 0.25) is 6.79 Å². The summed E-state index contributed by atoms with van der Waals surface area (Å²) in [4.78, 5) is 14.8. The number of carbonyl (C=O) groups is 1. The summed E-state index contributed by atoms with van der Waals surface area (Å²) >= 11 is 0. The molecule has 2 fully saturated rings. The van der Waals surface area contributed by atoms with Crippen molar-refractivity contribution in [2.45, 2.75) is 37.0 Å². The number of hydrogen-bond donors (Lipinski definition) is 1. The van der Waals surface area contributed by atoms with E-state index in [0.717, 1.165) is 18.5 Å². The monoisotopic (exact) mass is 317 g/mol. The Bertz CT molecular complexity index is 690. The second-order valence-corrected chi connectivity index (χ2v) is 7.01. The van der Waals surface area contributed by atoms with Crippen molar-refractivity contribution in [3.8, 4) is 11.5 Å². The van der Waals surface area contributed by atoms with Crippen LogP contribution in [0.3, 0.4) is 0 Å². The van der Waals surface area contributed by atoms with Gasteiger partial charge in [-0.25, -0.2) is 4.79 Å². The number of fused-ring (bicyclic) bond motifs is 6. The van der Waals surface area contributed by atoms with Gasteiger partial charge in [-0.05, 0) is 50.0 Å². The number of carbonyl (C=O) groups excluding carboxylic acids is 1. The third-order valence-corrected chi connectivity index (χ3v) is 5.86. The molecular weight excluding hydrogens is 298 g/mol. The zero-order chi connectivity index (χ0) is 15.7. The second kappa shape index (κ2) is 4.61. The maximum atomic E-state index is 12.4. The van der Waals surface area contributed by atoms with Crippen LogP contribution in [0.4, 0.5) is 0 Å². The molecule has 4 aliphatic rings. The van der Waals surface area contributed by atoms with Gasteiger partial charge in [-0.2, -0.15) is 0 Å². The van der Waals surface area contributed by atoms with Gasteiger partial charge >= 0.3 is 5.97 Å². The number of likely N-dealkylation sites (tertiary alicyclic amines) is 1. The maximum absolute atomic E-state index is 12.4. The van der Waals surface area contributed by atoms with E-state index < -0.39 is 12.2 Å². The van der Waals surface area contributed by atoms with Crippen molar-refractivity contribution < 1.29 is 24.1 Å². The Kier molecular flexibility index (Phi) is 2.73. The number of benzene rings is 1. The minimum atomic E-state index is -0.602. The molecule has 0 radical (unpaired) electrons. The van der Waals surface area contributed by atoms with Crippen molar-refractivity contribution in [1.82, 2.24) is 4.90 Å². The molecule has 1 N–H and O–H groups in total. The average molecular weight is 317 g/mol. The van der Waals surface area contributed by atoms with Gasteiger partial charge in [0.1, 0.15) is 6.10 Å². The minimum absolute atomic E-state index is 0.0153. The summed E-state index contributed by atoms with van der Waals surface area (Å²) < 4.78 is 16.5. The van der Waals surface area contributed by atoms with Crippen LogP contribution >= 0.6 is 0 Å². The summed E-state index contributed by atoms with van der Waals surface area (Å²) in [6, 6.07) is 3.92. The highest BCUT2D eigenvalue weighted by molar-refractivity contribution is 5.94. The summed E-state index contributed by atoms with van der Waals surface area (Å²) in [6.45, 7) is 1.19. The molecule has 6 heteroatoms. The first-order valence-electron chi connectivity index (χ1n) is 8.16. The van der Waals surface area contributed by atoms with Crippen LogP contribution in [0, 0.1) is 5.92 Å². The van der Waals surface area contributed by atoms with Crippen LogP contribution in [0.5, 0.6) is 11.5 Å². The highest BCUT2D eigenvalue weighted by atomic mass is 16.7.